The van der Waals surface area contributed by atoms with E-state index in [4.69, 9.17) is 9.47 Å². The molecule has 0 bridgehead atoms. The van der Waals surface area contributed by atoms with E-state index >= 15 is 0 Å². The number of hydrogen-bond donors (Lipinski definition) is 3. The summed E-state index contributed by atoms with van der Waals surface area (Å²) in [5, 5.41) is 9.53. The summed E-state index contributed by atoms with van der Waals surface area (Å²) in [7, 11) is 2.97. The van der Waals surface area contributed by atoms with Gasteiger partial charge in [0.1, 0.15) is 0 Å². The van der Waals surface area contributed by atoms with Crippen LogP contribution in [0.2, 0.25) is 0 Å². The smallest absolute Gasteiger partial charge is 0.337 e. The standard InChI is InChI=1S/C38H55N5O6S/c1-4-25-22-42-20-17-38(32(42)21-26(25)27(23-48-2)35(45)49-3)28-13-7-8-14-30(28)43(36(38)46)19-12-6-5-11-18-39-33(44)16-10-9-15-31-34-29(24-50-31)40-37(47)41-34/h7-8,13-14,23,25-26,29,31-32,34H,4-6,9-12,15-22,24H2,1-3H3,(H,39,44)(H2,40,41,47)/b27-23+/t25-,26-,29?,31-,32?,34?,38+/m0/s1. The molecule has 4 fully saturated rings. The van der Waals surface area contributed by atoms with Gasteiger partial charge in [-0.05, 0) is 68.5 Å². The van der Waals surface area contributed by atoms with E-state index in [0.29, 0.717) is 36.8 Å². The average Bonchev–Trinajstić information content (AvgIpc) is 3.86. The van der Waals surface area contributed by atoms with Gasteiger partial charge in [-0.15, -0.1) is 0 Å². The molecule has 1 aromatic carbocycles. The molecule has 12 heteroatoms. The lowest BCUT2D eigenvalue weighted by Crippen LogP contribution is -2.55. The molecule has 0 aromatic heterocycles. The van der Waals surface area contributed by atoms with Gasteiger partial charge >= 0.3 is 12.0 Å². The van der Waals surface area contributed by atoms with Crippen molar-refractivity contribution >= 4 is 41.3 Å². The molecule has 0 aliphatic carbocycles. The van der Waals surface area contributed by atoms with E-state index in [1.54, 1.807) is 13.4 Å². The molecule has 0 saturated carbocycles. The maximum absolute atomic E-state index is 14.6. The molecule has 5 heterocycles. The van der Waals surface area contributed by atoms with Crippen LogP contribution in [0.5, 0.6) is 0 Å². The summed E-state index contributed by atoms with van der Waals surface area (Å²) >= 11 is 1.92. The van der Waals surface area contributed by atoms with Crippen molar-refractivity contribution in [1.82, 2.24) is 20.9 Å². The summed E-state index contributed by atoms with van der Waals surface area (Å²) in [6.07, 6.45) is 11.2. The zero-order valence-electron chi connectivity index (χ0n) is 29.9. The number of anilines is 1. The predicted octanol–water partition coefficient (Wildman–Crippen LogP) is 4.50. The van der Waals surface area contributed by atoms with E-state index in [1.165, 1.54) is 7.11 Å². The highest BCUT2D eigenvalue weighted by atomic mass is 32.2. The molecule has 50 heavy (non-hydrogen) atoms. The fourth-order valence-electron chi connectivity index (χ4n) is 9.39. The number of amides is 4. The summed E-state index contributed by atoms with van der Waals surface area (Å²) in [6, 6.07) is 8.72. The molecule has 5 aliphatic heterocycles. The van der Waals surface area contributed by atoms with Gasteiger partial charge in [0.15, 0.2) is 0 Å². The zero-order chi connectivity index (χ0) is 35.3. The highest BCUT2D eigenvalue weighted by Crippen LogP contribution is 2.55. The highest BCUT2D eigenvalue weighted by Gasteiger charge is 2.62. The van der Waals surface area contributed by atoms with Crippen LogP contribution in [0.3, 0.4) is 0 Å². The van der Waals surface area contributed by atoms with E-state index in [2.05, 4.69) is 39.9 Å². The maximum Gasteiger partial charge on any atom is 0.337 e. The molecule has 5 aliphatic rings. The van der Waals surface area contributed by atoms with Gasteiger partial charge < -0.3 is 30.3 Å². The highest BCUT2D eigenvalue weighted by molar-refractivity contribution is 8.00. The van der Waals surface area contributed by atoms with E-state index in [1.807, 2.05) is 28.8 Å². The minimum absolute atomic E-state index is 0.00343. The summed E-state index contributed by atoms with van der Waals surface area (Å²) < 4.78 is 10.5. The van der Waals surface area contributed by atoms with Crippen molar-refractivity contribution in [2.75, 3.05) is 51.1 Å². The van der Waals surface area contributed by atoms with E-state index < -0.39 is 5.41 Å². The van der Waals surface area contributed by atoms with Gasteiger partial charge in [-0.1, -0.05) is 50.8 Å². The van der Waals surface area contributed by atoms with Crippen molar-refractivity contribution in [2.45, 2.75) is 106 Å². The average molecular weight is 710 g/mol. The Bertz CT molecular complexity index is 1440. The molecule has 3 N–H and O–H groups in total. The van der Waals surface area contributed by atoms with Crippen molar-refractivity contribution in [3.63, 3.8) is 0 Å². The number of para-hydroxylation sites is 1. The number of thioether (sulfide) groups is 1. The third kappa shape index (κ3) is 7.24. The number of nitrogens with zero attached hydrogens (tertiary/aromatic N) is 2. The Morgan fingerprint density at radius 3 is 2.70 bits per heavy atom. The Labute approximate surface area is 301 Å². The van der Waals surface area contributed by atoms with E-state index in [0.717, 1.165) is 87.9 Å². The predicted molar refractivity (Wildman–Crippen MR) is 195 cm³/mol. The number of nitrogens with one attached hydrogen (secondary N) is 3. The third-order valence-electron chi connectivity index (χ3n) is 11.9. The second kappa shape index (κ2) is 16.4. The van der Waals surface area contributed by atoms with Crippen LogP contribution in [-0.4, -0.2) is 98.2 Å². The summed E-state index contributed by atoms with van der Waals surface area (Å²) in [5.41, 5.74) is 2.09. The number of carbonyl (C=O) groups is 4. The fourth-order valence-corrected chi connectivity index (χ4v) is 10.9. The van der Waals surface area contributed by atoms with Gasteiger partial charge in [-0.3, -0.25) is 14.5 Å². The van der Waals surface area contributed by atoms with Crippen LogP contribution in [0, 0.1) is 11.8 Å². The molecule has 3 unspecified atom stereocenters. The molecule has 7 atom stereocenters. The van der Waals surface area contributed by atoms with Crippen LogP contribution in [0.4, 0.5) is 10.5 Å². The van der Waals surface area contributed by atoms with Crippen molar-refractivity contribution in [1.29, 1.82) is 0 Å². The molecule has 1 aromatic rings. The first-order valence-corrected chi connectivity index (χ1v) is 19.8. The SMILES string of the molecule is CC[C@H]1CN2CC[C@]3(C(=O)N(CCCCCCNC(=O)CCCC[C@@H]4SCC5NC(=O)NC54)c4ccccc43)C2C[C@@H]1/C(=C\OC)C(=O)OC. The van der Waals surface area contributed by atoms with Gasteiger partial charge in [0.05, 0.1) is 43.6 Å². The molecule has 4 saturated heterocycles. The summed E-state index contributed by atoms with van der Waals surface area (Å²) in [5.74, 6) is 1.14. The number of rotatable bonds is 16. The van der Waals surface area contributed by atoms with Gasteiger partial charge in [0.25, 0.3) is 0 Å². The first kappa shape index (κ1) is 36.5. The third-order valence-corrected chi connectivity index (χ3v) is 13.4. The Kier molecular flexibility index (Phi) is 12.0. The van der Waals surface area contributed by atoms with Crippen LogP contribution >= 0.6 is 11.8 Å². The quantitative estimate of drug-likeness (QED) is 0.0753. The van der Waals surface area contributed by atoms with Crippen molar-refractivity contribution in [3.05, 3.63) is 41.7 Å². The zero-order valence-corrected chi connectivity index (χ0v) is 30.7. The summed E-state index contributed by atoms with van der Waals surface area (Å²) in [6.45, 7) is 5.23. The monoisotopic (exact) mass is 709 g/mol. The lowest BCUT2D eigenvalue weighted by molar-refractivity contribution is -0.137. The Balaban J connectivity index is 0.959. The Morgan fingerprint density at radius 2 is 1.90 bits per heavy atom. The molecule has 11 nitrogen and oxygen atoms in total. The molecular formula is C38H55N5O6S. The first-order valence-electron chi connectivity index (χ1n) is 18.7. The number of hydrogen-bond acceptors (Lipinski definition) is 8. The normalized spacial score (nSPS) is 30.1. The molecule has 0 radical (unpaired) electrons. The number of fused-ring (bicyclic) bond motifs is 5. The minimum atomic E-state index is -0.617. The number of esters is 1. The molecule has 274 valence electrons. The number of methoxy groups -OCH3 is 2. The number of urea groups is 1. The number of benzene rings is 1. The van der Waals surface area contributed by atoms with Crippen molar-refractivity contribution < 1.29 is 28.7 Å². The van der Waals surface area contributed by atoms with Gasteiger partial charge in [0, 0.05) is 48.8 Å². The lowest BCUT2D eigenvalue weighted by atomic mass is 9.67. The van der Waals surface area contributed by atoms with Crippen LogP contribution in [0.15, 0.2) is 36.1 Å². The topological polar surface area (TPSA) is 129 Å². The summed E-state index contributed by atoms with van der Waals surface area (Å²) in [4.78, 5) is 55.9. The lowest BCUT2D eigenvalue weighted by Gasteiger charge is -2.45. The number of ether oxygens (including phenoxy) is 2. The van der Waals surface area contributed by atoms with E-state index in [9.17, 15) is 19.2 Å². The van der Waals surface area contributed by atoms with E-state index in [-0.39, 0.29) is 53.8 Å². The molecule has 1 spiro atoms. The number of carbonyl (C=O) groups excluding carboxylic acids is 4. The second-order valence-electron chi connectivity index (χ2n) is 14.6. The number of unbranched alkanes of at least 4 members (excludes halogenated alkanes) is 4. The number of piperidine rings is 1. The molecule has 4 amide bonds. The van der Waals surface area contributed by atoms with Crippen molar-refractivity contribution in [2.24, 2.45) is 11.8 Å². The van der Waals surface area contributed by atoms with Crippen LogP contribution in [-0.2, 0) is 29.3 Å². The maximum atomic E-state index is 14.6. The minimum Gasteiger partial charge on any atom is -0.504 e. The first-order chi connectivity index (χ1) is 24.3. The fraction of sp³-hybridized carbons (Fsp3) is 0.684. The van der Waals surface area contributed by atoms with Crippen LogP contribution in [0.25, 0.3) is 0 Å². The molecular weight excluding hydrogens is 655 g/mol. The van der Waals surface area contributed by atoms with Gasteiger partial charge in [-0.25, -0.2) is 9.59 Å². The molecule has 6 rings (SSSR count). The largest absolute Gasteiger partial charge is 0.504 e. The van der Waals surface area contributed by atoms with Crippen LogP contribution < -0.4 is 20.9 Å². The Morgan fingerprint density at radius 1 is 1.08 bits per heavy atom. The van der Waals surface area contributed by atoms with Gasteiger partial charge in [0.2, 0.25) is 11.8 Å². The van der Waals surface area contributed by atoms with Gasteiger partial charge in [-0.2, -0.15) is 11.8 Å². The Hall–Kier alpha value is -3.25. The van der Waals surface area contributed by atoms with Crippen molar-refractivity contribution in [3.8, 4) is 0 Å². The second-order valence-corrected chi connectivity index (χ2v) is 15.9. The van der Waals surface area contributed by atoms with Crippen LogP contribution in [0.1, 0.15) is 83.1 Å².